The van der Waals surface area contributed by atoms with Crippen LogP contribution in [0.1, 0.15) is 37.5 Å². The first-order valence-corrected chi connectivity index (χ1v) is 14.9. The Bertz CT molecular complexity index is 1710. The summed E-state index contributed by atoms with van der Waals surface area (Å²) in [5, 5.41) is 15.3. The number of primary amides is 1. The van der Waals surface area contributed by atoms with Crippen molar-refractivity contribution in [3.8, 4) is 16.9 Å². The van der Waals surface area contributed by atoms with Gasteiger partial charge in [-0.25, -0.2) is 4.98 Å². The van der Waals surface area contributed by atoms with Gasteiger partial charge in [0.1, 0.15) is 11.6 Å². The highest BCUT2D eigenvalue weighted by Crippen LogP contribution is 2.36. The molecule has 0 saturated carbocycles. The van der Waals surface area contributed by atoms with Crippen LogP contribution in [-0.4, -0.2) is 61.0 Å². The predicted octanol–water partition coefficient (Wildman–Crippen LogP) is 3.79. The number of carbonyl (C=O) groups is 3. The molecule has 1 aliphatic heterocycles. The van der Waals surface area contributed by atoms with Gasteiger partial charge in [0.05, 0.1) is 27.6 Å². The van der Waals surface area contributed by atoms with Crippen molar-refractivity contribution in [3.05, 3.63) is 87.1 Å². The Labute approximate surface area is 267 Å². The smallest absolute Gasteiger partial charge is 0.252 e. The number of nitrogens with zero attached hydrogens (tertiary/aromatic N) is 2. The highest BCUT2D eigenvalue weighted by Gasteiger charge is 2.23. The van der Waals surface area contributed by atoms with Crippen molar-refractivity contribution in [1.82, 2.24) is 25.9 Å². The number of methoxy groups -OCH3 is 1. The summed E-state index contributed by atoms with van der Waals surface area (Å²) in [7, 11) is 3.11. The first kappa shape index (κ1) is 30.7. The molecule has 226 valence electrons. The molecule has 4 aromatic rings. The molecule has 0 aliphatic carbocycles. The molecule has 1 fully saturated rings. The van der Waals surface area contributed by atoms with Gasteiger partial charge in [-0.15, -0.1) is 0 Å². The number of halogens is 1. The average Bonchev–Trinajstić information content (AvgIpc) is 3.55. The maximum Gasteiger partial charge on any atom is 0.252 e. The van der Waals surface area contributed by atoms with Gasteiger partial charge < -0.3 is 37.1 Å². The quantitative estimate of drug-likeness (QED) is 0.134. The Morgan fingerprint density at radius 3 is 2.45 bits per heavy atom. The summed E-state index contributed by atoms with van der Waals surface area (Å²) >= 11 is 2.10. The van der Waals surface area contributed by atoms with E-state index in [-0.39, 0.29) is 23.8 Å². The zero-order valence-electron chi connectivity index (χ0n) is 24.0. The van der Waals surface area contributed by atoms with Crippen molar-refractivity contribution in [3.63, 3.8) is 0 Å². The lowest BCUT2D eigenvalue weighted by Crippen LogP contribution is -2.36. The number of ether oxygens (including phenoxy) is 1. The Morgan fingerprint density at radius 2 is 1.77 bits per heavy atom. The van der Waals surface area contributed by atoms with E-state index in [2.05, 4.69) is 59.1 Å². The van der Waals surface area contributed by atoms with Crippen LogP contribution in [0.3, 0.4) is 0 Å². The highest BCUT2D eigenvalue weighted by molar-refractivity contribution is 14.1. The monoisotopic (exact) mass is 706 g/mol. The third kappa shape index (κ3) is 6.89. The van der Waals surface area contributed by atoms with Crippen molar-refractivity contribution in [2.45, 2.75) is 12.5 Å². The normalized spacial score (nSPS) is 14.0. The summed E-state index contributed by atoms with van der Waals surface area (Å²) in [5.74, 6) is 0.119. The molecule has 5 rings (SSSR count). The van der Waals surface area contributed by atoms with Gasteiger partial charge in [0.25, 0.3) is 17.7 Å². The number of benzene rings is 3. The van der Waals surface area contributed by atoms with E-state index < -0.39 is 5.91 Å². The van der Waals surface area contributed by atoms with E-state index >= 15 is 0 Å². The van der Waals surface area contributed by atoms with E-state index in [1.54, 1.807) is 73.9 Å². The van der Waals surface area contributed by atoms with Gasteiger partial charge in [0.15, 0.2) is 0 Å². The topological polar surface area (TPSA) is 172 Å². The van der Waals surface area contributed by atoms with Crippen molar-refractivity contribution >= 4 is 63.5 Å². The van der Waals surface area contributed by atoms with Gasteiger partial charge in [-0.1, -0.05) is 24.3 Å². The Hall–Kier alpha value is -4.76. The van der Waals surface area contributed by atoms with Gasteiger partial charge >= 0.3 is 0 Å². The van der Waals surface area contributed by atoms with Crippen LogP contribution in [0.15, 0.2) is 66.9 Å². The Morgan fingerprint density at radius 1 is 1.00 bits per heavy atom. The number of hydrogen-bond acceptors (Lipinski definition) is 9. The third-order valence-corrected chi connectivity index (χ3v) is 7.89. The fraction of sp³-hybridized carbons (Fsp3) is 0.194. The second kappa shape index (κ2) is 13.7. The molecule has 12 nitrogen and oxygen atoms in total. The van der Waals surface area contributed by atoms with E-state index in [0.29, 0.717) is 55.3 Å². The average molecular weight is 707 g/mol. The molecule has 2 heterocycles. The third-order valence-electron chi connectivity index (χ3n) is 7.10. The molecule has 0 bridgehead atoms. The minimum atomic E-state index is -0.567. The van der Waals surface area contributed by atoms with Crippen molar-refractivity contribution in [1.29, 1.82) is 0 Å². The fourth-order valence-corrected chi connectivity index (χ4v) is 5.22. The predicted molar refractivity (Wildman–Crippen MR) is 177 cm³/mol. The summed E-state index contributed by atoms with van der Waals surface area (Å²) in [6.07, 6.45) is 2.45. The number of amides is 3. The number of nitrogens with one attached hydrogen (secondary N) is 5. The van der Waals surface area contributed by atoms with Crippen molar-refractivity contribution in [2.75, 3.05) is 37.9 Å². The van der Waals surface area contributed by atoms with Crippen LogP contribution in [0.5, 0.6) is 5.75 Å². The SMILES string of the molecule is CNC(=O)c1ccc(-c2cc(OC)c(Nc3ncc(I)c(Nc4ccccc4C(N)=O)n3)cc2C(=O)N[C@H]2CCNC2)cc1. The number of anilines is 4. The maximum atomic E-state index is 13.7. The largest absolute Gasteiger partial charge is 0.495 e. The van der Waals surface area contributed by atoms with Gasteiger partial charge in [-0.2, -0.15) is 4.98 Å². The standard InChI is InChI=1S/C31H31IN8O4/c1-34-29(42)18-9-7-17(8-10-18)21-14-26(44-2)25(13-22(21)30(43)37-19-11-12-35-15-19)39-31-36-16-23(32)28(40-31)38-24-6-4-3-5-20(24)27(33)41/h3-10,13-14,16,19,35H,11-12,15H2,1-2H3,(H2,33,41)(H,34,42)(H,37,43)(H2,36,38,39,40)/t19-/m0/s1. The Balaban J connectivity index is 1.52. The molecule has 13 heteroatoms. The summed E-state index contributed by atoms with van der Waals surface area (Å²) in [5.41, 5.74) is 9.13. The lowest BCUT2D eigenvalue weighted by molar-refractivity contribution is 0.0937. The molecule has 0 spiro atoms. The highest BCUT2D eigenvalue weighted by atomic mass is 127. The van der Waals surface area contributed by atoms with Gasteiger partial charge in [-0.3, -0.25) is 14.4 Å². The van der Waals surface area contributed by atoms with Crippen molar-refractivity contribution in [2.24, 2.45) is 5.73 Å². The van der Waals surface area contributed by atoms with Crippen LogP contribution in [-0.2, 0) is 0 Å². The molecular weight excluding hydrogens is 675 g/mol. The molecule has 0 unspecified atom stereocenters. The van der Waals surface area contributed by atoms with Crippen LogP contribution in [0.4, 0.5) is 23.1 Å². The molecule has 3 amide bonds. The molecule has 1 aromatic heterocycles. The maximum absolute atomic E-state index is 13.7. The number of nitrogens with two attached hydrogens (primary N) is 1. The van der Waals surface area contributed by atoms with E-state index in [1.165, 1.54) is 7.11 Å². The molecular formula is C31H31IN8O4. The van der Waals surface area contributed by atoms with Crippen LogP contribution < -0.4 is 37.1 Å². The minimum Gasteiger partial charge on any atom is -0.495 e. The summed E-state index contributed by atoms with van der Waals surface area (Å²) in [4.78, 5) is 46.7. The lowest BCUT2D eigenvalue weighted by Gasteiger charge is -2.19. The molecule has 1 saturated heterocycles. The van der Waals surface area contributed by atoms with Gasteiger partial charge in [-0.05, 0) is 83.1 Å². The molecule has 7 N–H and O–H groups in total. The molecule has 3 aromatic carbocycles. The minimum absolute atomic E-state index is 0.000862. The van der Waals surface area contributed by atoms with E-state index in [4.69, 9.17) is 10.5 Å². The second-order valence-corrected chi connectivity index (χ2v) is 11.1. The van der Waals surface area contributed by atoms with Crippen molar-refractivity contribution < 1.29 is 19.1 Å². The Kier molecular flexibility index (Phi) is 9.55. The van der Waals surface area contributed by atoms with Crippen LogP contribution in [0, 0.1) is 3.57 Å². The summed E-state index contributed by atoms with van der Waals surface area (Å²) < 4.78 is 6.44. The number of hydrogen-bond donors (Lipinski definition) is 6. The first-order chi connectivity index (χ1) is 21.3. The second-order valence-electron chi connectivity index (χ2n) is 9.97. The number of para-hydroxylation sites is 1. The van der Waals surface area contributed by atoms with Gasteiger partial charge in [0.2, 0.25) is 5.95 Å². The fourth-order valence-electron chi connectivity index (χ4n) is 4.83. The van der Waals surface area contributed by atoms with Gasteiger partial charge in [0, 0.05) is 37.0 Å². The summed E-state index contributed by atoms with van der Waals surface area (Å²) in [6, 6.07) is 17.4. The summed E-state index contributed by atoms with van der Waals surface area (Å²) in [6.45, 7) is 1.52. The van der Waals surface area contributed by atoms with Crippen LogP contribution in [0.2, 0.25) is 0 Å². The van der Waals surface area contributed by atoms with Crippen LogP contribution in [0.25, 0.3) is 11.1 Å². The van der Waals surface area contributed by atoms with E-state index in [1.807, 2.05) is 0 Å². The number of aromatic nitrogens is 2. The molecule has 44 heavy (non-hydrogen) atoms. The number of rotatable bonds is 10. The van der Waals surface area contributed by atoms with E-state index in [9.17, 15) is 14.4 Å². The zero-order valence-corrected chi connectivity index (χ0v) is 26.2. The zero-order chi connectivity index (χ0) is 31.2. The molecule has 1 atom stereocenters. The van der Waals surface area contributed by atoms with Crippen LogP contribution >= 0.6 is 22.6 Å². The van der Waals surface area contributed by atoms with E-state index in [0.717, 1.165) is 18.5 Å². The molecule has 0 radical (unpaired) electrons. The lowest BCUT2D eigenvalue weighted by atomic mass is 9.96. The first-order valence-electron chi connectivity index (χ1n) is 13.8. The number of carbonyl (C=O) groups excluding carboxylic acids is 3. The molecule has 1 aliphatic rings.